The number of hydrogen-bond acceptors (Lipinski definition) is 4. The molecule has 4 nitrogen and oxygen atoms in total. The lowest BCUT2D eigenvalue weighted by Crippen LogP contribution is -2.08. The summed E-state index contributed by atoms with van der Waals surface area (Å²) in [6, 6.07) is 0.267. The summed E-state index contributed by atoms with van der Waals surface area (Å²) in [6.45, 7) is -6.19. The summed E-state index contributed by atoms with van der Waals surface area (Å²) in [6.07, 6.45) is 0.961. The zero-order valence-electron chi connectivity index (χ0n) is 6.53. The average Bonchev–Trinajstić information content (AvgIpc) is 2.01. The maximum Gasteiger partial charge on any atom is 0.389 e. The van der Waals surface area contributed by atoms with Gasteiger partial charge in [0.2, 0.25) is 5.88 Å². The van der Waals surface area contributed by atoms with E-state index in [-0.39, 0.29) is 0 Å². The van der Waals surface area contributed by atoms with E-state index in [1.165, 1.54) is 0 Å². The Morgan fingerprint density at radius 2 is 1.71 bits per heavy atom. The predicted octanol–water partition coefficient (Wildman–Crippen LogP) is 1.68. The van der Waals surface area contributed by atoms with Crippen molar-refractivity contribution in [1.82, 2.24) is 9.97 Å². The molecule has 0 N–H and O–H groups in total. The highest BCUT2D eigenvalue weighted by Gasteiger charge is 2.10. The van der Waals surface area contributed by atoms with Crippen LogP contribution >= 0.6 is 0 Å². The van der Waals surface area contributed by atoms with Gasteiger partial charge in [0.05, 0.1) is 0 Å². The molecule has 0 aromatic carbocycles. The molecule has 1 rings (SSSR count). The first-order chi connectivity index (χ1) is 6.58. The number of aromatic nitrogens is 2. The molecule has 0 aliphatic carbocycles. The number of ether oxygens (including phenoxy) is 2. The van der Waals surface area contributed by atoms with Gasteiger partial charge in [-0.3, -0.25) is 0 Å². The van der Waals surface area contributed by atoms with E-state index in [9.17, 15) is 17.6 Å². The molecule has 0 unspecified atom stereocenters. The number of nitrogens with zero attached hydrogens (tertiary/aromatic N) is 2. The van der Waals surface area contributed by atoms with Crippen molar-refractivity contribution in [3.05, 3.63) is 12.3 Å². The highest BCUT2D eigenvalue weighted by atomic mass is 19.3. The van der Waals surface area contributed by atoms with Crippen LogP contribution in [0.2, 0.25) is 0 Å². The van der Waals surface area contributed by atoms with Crippen molar-refractivity contribution in [1.29, 1.82) is 0 Å². The monoisotopic (exact) mass is 212 g/mol. The maximum atomic E-state index is 11.6. The molecule has 0 spiro atoms. The Hall–Kier alpha value is -1.60. The second-order valence-electron chi connectivity index (χ2n) is 1.93. The Morgan fingerprint density at radius 1 is 1.07 bits per heavy atom. The summed E-state index contributed by atoms with van der Waals surface area (Å²) in [7, 11) is 0. The normalized spacial score (nSPS) is 10.7. The van der Waals surface area contributed by atoms with Crippen molar-refractivity contribution in [2.24, 2.45) is 0 Å². The number of hydrogen-bond donors (Lipinski definition) is 0. The third-order valence-corrected chi connectivity index (χ3v) is 1.01. The summed E-state index contributed by atoms with van der Waals surface area (Å²) in [5.74, 6) is -0.536. The van der Waals surface area contributed by atoms with Gasteiger partial charge in [-0.05, 0) is 0 Å². The molecule has 0 amide bonds. The molecule has 14 heavy (non-hydrogen) atoms. The van der Waals surface area contributed by atoms with Crippen molar-refractivity contribution < 1.29 is 27.0 Å². The highest BCUT2D eigenvalue weighted by molar-refractivity contribution is 5.10. The van der Waals surface area contributed by atoms with Crippen LogP contribution in [0.5, 0.6) is 11.9 Å². The Balaban J connectivity index is 2.68. The van der Waals surface area contributed by atoms with Crippen molar-refractivity contribution in [2.75, 3.05) is 0 Å². The lowest BCUT2D eigenvalue weighted by atomic mass is 10.6. The standard InChI is InChI=1S/C6H4F4N2O2/c7-4(8)13-3-1-2-11-6(12-3)14-5(9)10/h1-2,4-5H. The minimum atomic E-state index is -3.11. The Kier molecular flexibility index (Phi) is 3.43. The van der Waals surface area contributed by atoms with Gasteiger partial charge in [0.1, 0.15) is 0 Å². The minimum absolute atomic E-state index is 0.536. The summed E-state index contributed by atoms with van der Waals surface area (Å²) in [4.78, 5) is 6.39. The molecule has 0 saturated heterocycles. The van der Waals surface area contributed by atoms with Crippen LogP contribution in [-0.2, 0) is 0 Å². The zero-order chi connectivity index (χ0) is 10.6. The van der Waals surface area contributed by atoms with Crippen LogP contribution in [0.4, 0.5) is 17.6 Å². The van der Waals surface area contributed by atoms with Crippen LogP contribution in [0.15, 0.2) is 12.3 Å². The van der Waals surface area contributed by atoms with Gasteiger partial charge in [-0.25, -0.2) is 4.98 Å². The molecule has 8 heteroatoms. The van der Waals surface area contributed by atoms with Gasteiger partial charge in [-0.1, -0.05) is 0 Å². The van der Waals surface area contributed by atoms with Gasteiger partial charge in [-0.15, -0.1) is 0 Å². The highest BCUT2D eigenvalue weighted by Crippen LogP contribution is 2.14. The third kappa shape index (κ3) is 3.42. The second kappa shape index (κ2) is 4.58. The van der Waals surface area contributed by atoms with Crippen LogP contribution in [0.1, 0.15) is 0 Å². The number of halogens is 4. The smallest absolute Gasteiger partial charge is 0.389 e. The topological polar surface area (TPSA) is 44.2 Å². The molecule has 0 atom stereocenters. The molecule has 0 radical (unpaired) electrons. The van der Waals surface area contributed by atoms with Gasteiger partial charge in [0.15, 0.2) is 0 Å². The quantitative estimate of drug-likeness (QED) is 0.712. The van der Waals surface area contributed by atoms with Crippen molar-refractivity contribution in [3.63, 3.8) is 0 Å². The fourth-order valence-corrected chi connectivity index (χ4v) is 0.619. The van der Waals surface area contributed by atoms with Crippen LogP contribution in [0.25, 0.3) is 0 Å². The van der Waals surface area contributed by atoms with Gasteiger partial charge in [-0.2, -0.15) is 22.5 Å². The van der Waals surface area contributed by atoms with Gasteiger partial charge < -0.3 is 9.47 Å². The van der Waals surface area contributed by atoms with Crippen molar-refractivity contribution >= 4 is 0 Å². The van der Waals surface area contributed by atoms with Crippen LogP contribution < -0.4 is 9.47 Å². The maximum absolute atomic E-state index is 11.6. The number of alkyl halides is 4. The average molecular weight is 212 g/mol. The molecule has 1 heterocycles. The molecule has 0 aliphatic rings. The number of rotatable bonds is 4. The Morgan fingerprint density at radius 3 is 2.29 bits per heavy atom. The third-order valence-electron chi connectivity index (χ3n) is 1.01. The molecule has 0 saturated carbocycles. The first kappa shape index (κ1) is 10.5. The molecule has 78 valence electrons. The SMILES string of the molecule is FC(F)Oc1ccnc(OC(F)F)n1. The molecular weight excluding hydrogens is 208 g/mol. The fraction of sp³-hybridized carbons (Fsp3) is 0.333. The molecule has 0 fully saturated rings. The van der Waals surface area contributed by atoms with E-state index in [2.05, 4.69) is 19.4 Å². The van der Waals surface area contributed by atoms with E-state index < -0.39 is 25.1 Å². The van der Waals surface area contributed by atoms with Crippen LogP contribution in [-0.4, -0.2) is 23.2 Å². The molecule has 1 aromatic rings. The van der Waals surface area contributed by atoms with Crippen LogP contribution in [0, 0.1) is 0 Å². The van der Waals surface area contributed by atoms with Gasteiger partial charge in [0, 0.05) is 12.3 Å². The van der Waals surface area contributed by atoms with Gasteiger partial charge >= 0.3 is 19.2 Å². The Labute approximate surface area is 75.5 Å². The summed E-state index contributed by atoms with van der Waals surface area (Å²) in [5.41, 5.74) is 0. The van der Waals surface area contributed by atoms with E-state index in [1.807, 2.05) is 0 Å². The van der Waals surface area contributed by atoms with Crippen LogP contribution in [0.3, 0.4) is 0 Å². The molecule has 1 aromatic heterocycles. The van der Waals surface area contributed by atoms with E-state index in [0.717, 1.165) is 12.3 Å². The predicted molar refractivity (Wildman–Crippen MR) is 35.3 cm³/mol. The summed E-state index contributed by atoms with van der Waals surface area (Å²) < 4.78 is 54.1. The lowest BCUT2D eigenvalue weighted by Gasteiger charge is -2.04. The lowest BCUT2D eigenvalue weighted by molar-refractivity contribution is -0.0624. The Bertz CT molecular complexity index is 272. The van der Waals surface area contributed by atoms with Crippen molar-refractivity contribution in [2.45, 2.75) is 13.2 Å². The first-order valence-corrected chi connectivity index (χ1v) is 3.30. The molecule has 0 bridgehead atoms. The summed E-state index contributed by atoms with van der Waals surface area (Å²) in [5, 5.41) is 0. The molecular formula is C6H4F4N2O2. The first-order valence-electron chi connectivity index (χ1n) is 3.30. The largest absolute Gasteiger partial charge is 0.417 e. The minimum Gasteiger partial charge on any atom is -0.417 e. The molecule has 0 aliphatic heterocycles. The zero-order valence-corrected chi connectivity index (χ0v) is 6.53. The van der Waals surface area contributed by atoms with E-state index in [1.54, 1.807) is 0 Å². The summed E-state index contributed by atoms with van der Waals surface area (Å²) >= 11 is 0. The van der Waals surface area contributed by atoms with E-state index in [4.69, 9.17) is 0 Å². The van der Waals surface area contributed by atoms with Crippen molar-refractivity contribution in [3.8, 4) is 11.9 Å². The fourth-order valence-electron chi connectivity index (χ4n) is 0.619. The van der Waals surface area contributed by atoms with E-state index >= 15 is 0 Å². The van der Waals surface area contributed by atoms with E-state index in [0.29, 0.717) is 0 Å². The second-order valence-corrected chi connectivity index (χ2v) is 1.93. The van der Waals surface area contributed by atoms with Gasteiger partial charge in [0.25, 0.3) is 0 Å².